The van der Waals surface area contributed by atoms with E-state index in [4.69, 9.17) is 14.5 Å². The van der Waals surface area contributed by atoms with Gasteiger partial charge in [-0.05, 0) is 68.1 Å². The predicted molar refractivity (Wildman–Crippen MR) is 179 cm³/mol. The van der Waals surface area contributed by atoms with Crippen LogP contribution in [-0.4, -0.2) is 68.0 Å². The number of carbonyl (C=O) groups is 1. The van der Waals surface area contributed by atoms with Crippen molar-refractivity contribution in [3.63, 3.8) is 0 Å². The maximum absolute atomic E-state index is 12.7. The van der Waals surface area contributed by atoms with Crippen molar-refractivity contribution in [2.75, 3.05) is 48.3 Å². The summed E-state index contributed by atoms with van der Waals surface area (Å²) in [6.45, 7) is 9.38. The summed E-state index contributed by atoms with van der Waals surface area (Å²) in [7, 11) is 0. The van der Waals surface area contributed by atoms with Crippen molar-refractivity contribution in [1.82, 2.24) is 29.4 Å². The van der Waals surface area contributed by atoms with Crippen LogP contribution in [0.2, 0.25) is 0 Å². The van der Waals surface area contributed by atoms with E-state index in [0.29, 0.717) is 23.1 Å². The first-order valence-corrected chi connectivity index (χ1v) is 15.5. The van der Waals surface area contributed by atoms with Gasteiger partial charge >= 0.3 is 0 Å². The molecule has 0 atom stereocenters. The number of benzene rings is 2. The number of carbonyl (C=O) groups excluding carboxylic acids is 1. The third kappa shape index (κ3) is 6.31. The summed E-state index contributed by atoms with van der Waals surface area (Å²) < 4.78 is 7.22. The molecule has 11 nitrogen and oxygen atoms in total. The molecule has 11 heteroatoms. The Morgan fingerprint density at radius 3 is 2.54 bits per heavy atom. The average Bonchev–Trinajstić information content (AvgIpc) is 3.68. The highest BCUT2D eigenvalue weighted by Crippen LogP contribution is 2.33. The Kier molecular flexibility index (Phi) is 8.13. The zero-order chi connectivity index (χ0) is 31.5. The number of aromatic nitrogens is 5. The molecule has 0 saturated carbocycles. The first kappa shape index (κ1) is 29.2. The predicted octanol–water partition coefficient (Wildman–Crippen LogP) is 5.82. The van der Waals surface area contributed by atoms with Crippen LogP contribution in [0.5, 0.6) is 0 Å². The number of aryl methyl sites for hydroxylation is 1. The van der Waals surface area contributed by atoms with Gasteiger partial charge in [-0.2, -0.15) is 0 Å². The lowest BCUT2D eigenvalue weighted by molar-refractivity contribution is -0.115. The van der Waals surface area contributed by atoms with Crippen molar-refractivity contribution in [2.45, 2.75) is 20.3 Å². The summed E-state index contributed by atoms with van der Waals surface area (Å²) in [6.07, 6.45) is 3.82. The SMILES string of the molecule is CCN1CCN(c2ccc(Nc3nccc(-c4c(-c5cccc(NC(=O)Cc6cc(C)no6)c5)nc5ccccn45)n3)cc2)CC1. The first-order chi connectivity index (χ1) is 22.5. The lowest BCUT2D eigenvalue weighted by Gasteiger charge is -2.35. The van der Waals surface area contributed by atoms with Gasteiger partial charge in [-0.3, -0.25) is 9.20 Å². The minimum atomic E-state index is -0.192. The maximum atomic E-state index is 12.7. The van der Waals surface area contributed by atoms with Gasteiger partial charge in [0.2, 0.25) is 11.9 Å². The maximum Gasteiger partial charge on any atom is 0.232 e. The third-order valence-electron chi connectivity index (χ3n) is 8.17. The van der Waals surface area contributed by atoms with E-state index in [2.05, 4.69) is 61.8 Å². The molecule has 5 heterocycles. The molecule has 0 aliphatic carbocycles. The van der Waals surface area contributed by atoms with Crippen LogP contribution >= 0.6 is 0 Å². The molecule has 0 unspecified atom stereocenters. The monoisotopic (exact) mass is 613 g/mol. The molecule has 0 bridgehead atoms. The zero-order valence-electron chi connectivity index (χ0n) is 25.8. The molecule has 1 aliphatic heterocycles. The Bertz CT molecular complexity index is 1970. The number of anilines is 4. The van der Waals surface area contributed by atoms with Gasteiger partial charge in [0.1, 0.15) is 11.4 Å². The number of pyridine rings is 1. The van der Waals surface area contributed by atoms with E-state index in [1.165, 1.54) is 5.69 Å². The van der Waals surface area contributed by atoms with Gasteiger partial charge in [-0.15, -0.1) is 0 Å². The molecule has 1 fully saturated rings. The highest BCUT2D eigenvalue weighted by Gasteiger charge is 2.19. The van der Waals surface area contributed by atoms with Gasteiger partial charge < -0.3 is 25.0 Å². The minimum absolute atomic E-state index is 0.0973. The number of rotatable bonds is 9. The Hall–Kier alpha value is -5.55. The van der Waals surface area contributed by atoms with Gasteiger partial charge in [0.05, 0.1) is 29.2 Å². The normalized spacial score (nSPS) is 13.7. The van der Waals surface area contributed by atoms with Crippen molar-refractivity contribution in [1.29, 1.82) is 0 Å². The smallest absolute Gasteiger partial charge is 0.232 e. The van der Waals surface area contributed by atoms with Crippen LogP contribution in [0.1, 0.15) is 18.4 Å². The van der Waals surface area contributed by atoms with Gasteiger partial charge in [0.15, 0.2) is 0 Å². The van der Waals surface area contributed by atoms with Crippen molar-refractivity contribution in [3.8, 4) is 22.6 Å². The topological polar surface area (TPSA) is 117 Å². The molecule has 7 rings (SSSR count). The van der Waals surface area contributed by atoms with Gasteiger partial charge in [-0.1, -0.05) is 30.3 Å². The average molecular weight is 614 g/mol. The summed E-state index contributed by atoms with van der Waals surface area (Å²) in [5.74, 6) is 0.813. The van der Waals surface area contributed by atoms with Gasteiger partial charge in [0, 0.05) is 67.3 Å². The number of fused-ring (bicyclic) bond motifs is 1. The Labute approximate surface area is 266 Å². The summed E-state index contributed by atoms with van der Waals surface area (Å²) in [5, 5.41) is 10.2. The highest BCUT2D eigenvalue weighted by molar-refractivity contribution is 5.93. The number of piperazine rings is 1. The van der Waals surface area contributed by atoms with E-state index in [1.54, 1.807) is 12.3 Å². The van der Waals surface area contributed by atoms with E-state index in [9.17, 15) is 4.79 Å². The zero-order valence-corrected chi connectivity index (χ0v) is 25.8. The third-order valence-corrected chi connectivity index (χ3v) is 8.17. The molecule has 2 aromatic carbocycles. The molecule has 4 aromatic heterocycles. The molecular formula is C35H35N9O2. The molecule has 1 saturated heterocycles. The number of hydrogen-bond acceptors (Lipinski definition) is 9. The molecular weight excluding hydrogens is 578 g/mol. The fourth-order valence-corrected chi connectivity index (χ4v) is 5.81. The molecule has 6 aromatic rings. The van der Waals surface area contributed by atoms with Crippen molar-refractivity contribution in [2.24, 2.45) is 0 Å². The van der Waals surface area contributed by atoms with Crippen molar-refractivity contribution in [3.05, 3.63) is 103 Å². The molecule has 2 N–H and O–H groups in total. The fraction of sp³-hybridized carbons (Fsp3) is 0.229. The van der Waals surface area contributed by atoms with Crippen LogP contribution < -0.4 is 15.5 Å². The molecule has 1 amide bonds. The number of nitrogens with zero attached hydrogens (tertiary/aromatic N) is 7. The summed E-state index contributed by atoms with van der Waals surface area (Å²) in [6, 6.07) is 25.6. The highest BCUT2D eigenvalue weighted by atomic mass is 16.5. The minimum Gasteiger partial charge on any atom is -0.369 e. The molecule has 0 spiro atoms. The van der Waals surface area contributed by atoms with E-state index in [1.807, 2.05) is 66.1 Å². The first-order valence-electron chi connectivity index (χ1n) is 15.5. The quantitative estimate of drug-likeness (QED) is 0.208. The van der Waals surface area contributed by atoms with Crippen molar-refractivity contribution >= 4 is 34.6 Å². The summed E-state index contributed by atoms with van der Waals surface area (Å²) in [5.41, 5.74) is 7.43. The van der Waals surface area contributed by atoms with Gasteiger partial charge in [-0.25, -0.2) is 15.0 Å². The van der Waals surface area contributed by atoms with Crippen LogP contribution in [0.4, 0.5) is 23.0 Å². The summed E-state index contributed by atoms with van der Waals surface area (Å²) >= 11 is 0. The van der Waals surface area contributed by atoms with Crippen LogP contribution in [0.25, 0.3) is 28.3 Å². The van der Waals surface area contributed by atoms with Crippen molar-refractivity contribution < 1.29 is 9.32 Å². The second kappa shape index (κ2) is 12.8. The molecule has 232 valence electrons. The van der Waals surface area contributed by atoms with Crippen LogP contribution in [0.15, 0.2) is 95.8 Å². The largest absolute Gasteiger partial charge is 0.369 e. The number of likely N-dealkylation sites (N-methyl/N-ethyl adjacent to an activating group) is 1. The summed E-state index contributed by atoms with van der Waals surface area (Å²) in [4.78, 5) is 32.0. The standard InChI is InChI=1S/C35H35N9O2/c1-3-42-17-19-43(20-18-42)28-12-10-26(11-13-28)38-35-36-15-14-30(39-35)34-33(40-31-9-4-5-16-44(31)34)25-7-6-8-27(22-25)37-32(45)23-29-21-24(2)41-46-29/h4-16,21-22H,3,17-20,23H2,1-2H3,(H,37,45)(H,36,38,39). The van der Waals surface area contributed by atoms with E-state index in [0.717, 1.165) is 66.7 Å². The van der Waals surface area contributed by atoms with Crippen LogP contribution in [0.3, 0.4) is 0 Å². The van der Waals surface area contributed by atoms with Crippen LogP contribution in [0, 0.1) is 6.92 Å². The molecule has 0 radical (unpaired) electrons. The second-order valence-corrected chi connectivity index (χ2v) is 11.3. The number of nitrogens with one attached hydrogen (secondary N) is 2. The van der Waals surface area contributed by atoms with Crippen LogP contribution in [-0.2, 0) is 11.2 Å². The number of imidazole rings is 1. The van der Waals surface area contributed by atoms with E-state index in [-0.39, 0.29) is 12.3 Å². The lowest BCUT2D eigenvalue weighted by atomic mass is 10.1. The second-order valence-electron chi connectivity index (χ2n) is 11.3. The van der Waals surface area contributed by atoms with E-state index >= 15 is 0 Å². The fourth-order valence-electron chi connectivity index (χ4n) is 5.81. The number of amides is 1. The molecule has 46 heavy (non-hydrogen) atoms. The Morgan fingerprint density at radius 2 is 1.76 bits per heavy atom. The van der Waals surface area contributed by atoms with E-state index < -0.39 is 0 Å². The Balaban J connectivity index is 1.14. The lowest BCUT2D eigenvalue weighted by Crippen LogP contribution is -2.46. The van der Waals surface area contributed by atoms with Gasteiger partial charge in [0.25, 0.3) is 0 Å². The number of hydrogen-bond donors (Lipinski definition) is 2. The molecule has 1 aliphatic rings. The Morgan fingerprint density at radius 1 is 0.913 bits per heavy atom.